The van der Waals surface area contributed by atoms with Crippen molar-refractivity contribution in [3.8, 4) is 11.1 Å². The fourth-order valence-corrected chi connectivity index (χ4v) is 2.46. The van der Waals surface area contributed by atoms with Crippen LogP contribution in [-0.4, -0.2) is 4.98 Å². The maximum atomic E-state index is 4.23. The summed E-state index contributed by atoms with van der Waals surface area (Å²) in [5.41, 5.74) is 5.56. The Balaban J connectivity index is 0.000000514. The summed E-state index contributed by atoms with van der Waals surface area (Å²) in [4.78, 5) is 4.23. The van der Waals surface area contributed by atoms with Crippen LogP contribution >= 0.6 is 0 Å². The van der Waals surface area contributed by atoms with Crippen LogP contribution in [0.25, 0.3) is 11.1 Å². The second kappa shape index (κ2) is 5.13. The van der Waals surface area contributed by atoms with E-state index >= 15 is 0 Å². The normalized spacial score (nSPS) is 16.3. The van der Waals surface area contributed by atoms with Gasteiger partial charge in [0.05, 0.1) is 0 Å². The molecule has 0 bridgehead atoms. The SMILES string of the molecule is CC.CC1Cc2ccccc2-c2cnccc21. The monoisotopic (exact) mass is 225 g/mol. The molecular weight excluding hydrogens is 206 g/mol. The summed E-state index contributed by atoms with van der Waals surface area (Å²) in [5.74, 6) is 0.609. The number of rotatable bonds is 0. The van der Waals surface area contributed by atoms with E-state index in [0.717, 1.165) is 6.42 Å². The average molecular weight is 225 g/mol. The quantitative estimate of drug-likeness (QED) is 0.646. The molecule has 1 aromatic heterocycles. The molecule has 0 amide bonds. The third kappa shape index (κ3) is 2.10. The Morgan fingerprint density at radius 2 is 1.82 bits per heavy atom. The second-order valence-corrected chi connectivity index (χ2v) is 4.23. The fourth-order valence-electron chi connectivity index (χ4n) is 2.46. The van der Waals surface area contributed by atoms with Crippen molar-refractivity contribution in [3.05, 3.63) is 53.9 Å². The molecule has 1 aliphatic carbocycles. The van der Waals surface area contributed by atoms with Gasteiger partial charge in [0, 0.05) is 18.0 Å². The lowest BCUT2D eigenvalue weighted by Crippen LogP contribution is -2.08. The van der Waals surface area contributed by atoms with Crippen molar-refractivity contribution < 1.29 is 0 Å². The van der Waals surface area contributed by atoms with Gasteiger partial charge in [0.2, 0.25) is 0 Å². The predicted octanol–water partition coefficient (Wildman–Crippen LogP) is 4.43. The van der Waals surface area contributed by atoms with Crippen LogP contribution < -0.4 is 0 Å². The summed E-state index contributed by atoms with van der Waals surface area (Å²) in [6.45, 7) is 6.29. The molecule has 3 rings (SSSR count). The molecule has 0 N–H and O–H groups in total. The van der Waals surface area contributed by atoms with E-state index in [0.29, 0.717) is 5.92 Å². The van der Waals surface area contributed by atoms with E-state index in [4.69, 9.17) is 0 Å². The van der Waals surface area contributed by atoms with Gasteiger partial charge in [0.15, 0.2) is 0 Å². The largest absolute Gasteiger partial charge is 0.264 e. The number of benzene rings is 1. The van der Waals surface area contributed by atoms with E-state index in [1.165, 1.54) is 22.3 Å². The Labute approximate surface area is 104 Å². The van der Waals surface area contributed by atoms with Crippen molar-refractivity contribution in [3.63, 3.8) is 0 Å². The van der Waals surface area contributed by atoms with Gasteiger partial charge in [-0.3, -0.25) is 4.98 Å². The third-order valence-electron chi connectivity index (χ3n) is 3.22. The van der Waals surface area contributed by atoms with E-state index in [9.17, 15) is 0 Å². The molecule has 1 aromatic carbocycles. The van der Waals surface area contributed by atoms with Gasteiger partial charge in [-0.2, -0.15) is 0 Å². The summed E-state index contributed by atoms with van der Waals surface area (Å²) in [5, 5.41) is 0. The molecule has 0 spiro atoms. The van der Waals surface area contributed by atoms with Crippen molar-refractivity contribution in [2.24, 2.45) is 0 Å². The van der Waals surface area contributed by atoms with E-state index < -0.39 is 0 Å². The van der Waals surface area contributed by atoms with Crippen molar-refractivity contribution >= 4 is 0 Å². The first-order valence-corrected chi connectivity index (χ1v) is 6.38. The van der Waals surface area contributed by atoms with Gasteiger partial charge in [-0.05, 0) is 35.1 Å². The first-order valence-electron chi connectivity index (χ1n) is 6.38. The summed E-state index contributed by atoms with van der Waals surface area (Å²) >= 11 is 0. The van der Waals surface area contributed by atoms with Gasteiger partial charge in [-0.1, -0.05) is 45.0 Å². The molecule has 2 aromatic rings. The molecular formula is C16H19N. The minimum Gasteiger partial charge on any atom is -0.264 e. The number of aromatic nitrogens is 1. The van der Waals surface area contributed by atoms with Gasteiger partial charge >= 0.3 is 0 Å². The lowest BCUT2D eigenvalue weighted by Gasteiger charge is -2.24. The number of pyridine rings is 1. The zero-order chi connectivity index (χ0) is 12.3. The minimum absolute atomic E-state index is 0.609. The van der Waals surface area contributed by atoms with Crippen LogP contribution in [0.3, 0.4) is 0 Å². The molecule has 0 saturated carbocycles. The number of nitrogens with zero attached hydrogens (tertiary/aromatic N) is 1. The molecule has 1 atom stereocenters. The molecule has 88 valence electrons. The summed E-state index contributed by atoms with van der Waals surface area (Å²) in [6.07, 6.45) is 5.03. The number of hydrogen-bond donors (Lipinski definition) is 0. The van der Waals surface area contributed by atoms with Crippen LogP contribution in [0, 0.1) is 0 Å². The van der Waals surface area contributed by atoms with Crippen LogP contribution in [0.15, 0.2) is 42.7 Å². The molecule has 0 aliphatic heterocycles. The highest BCUT2D eigenvalue weighted by molar-refractivity contribution is 5.72. The molecule has 1 aliphatic rings. The van der Waals surface area contributed by atoms with E-state index in [2.05, 4.69) is 42.2 Å². The molecule has 1 heteroatoms. The van der Waals surface area contributed by atoms with Crippen LogP contribution in [0.4, 0.5) is 0 Å². The highest BCUT2D eigenvalue weighted by Gasteiger charge is 2.20. The Bertz CT molecular complexity index is 502. The second-order valence-electron chi connectivity index (χ2n) is 4.23. The summed E-state index contributed by atoms with van der Waals surface area (Å²) in [6, 6.07) is 10.8. The molecule has 17 heavy (non-hydrogen) atoms. The predicted molar refractivity (Wildman–Crippen MR) is 73.1 cm³/mol. The van der Waals surface area contributed by atoms with Crippen molar-refractivity contribution in [1.82, 2.24) is 4.98 Å². The Morgan fingerprint density at radius 1 is 1.06 bits per heavy atom. The molecule has 0 saturated heterocycles. The topological polar surface area (TPSA) is 12.9 Å². The van der Waals surface area contributed by atoms with Crippen LogP contribution in [0.2, 0.25) is 0 Å². The van der Waals surface area contributed by atoms with Crippen molar-refractivity contribution in [2.75, 3.05) is 0 Å². The van der Waals surface area contributed by atoms with Gasteiger partial charge in [-0.15, -0.1) is 0 Å². The molecule has 0 fully saturated rings. The maximum absolute atomic E-state index is 4.23. The Kier molecular flexibility index (Phi) is 3.58. The van der Waals surface area contributed by atoms with Crippen LogP contribution in [0.5, 0.6) is 0 Å². The first-order chi connectivity index (χ1) is 8.36. The highest BCUT2D eigenvalue weighted by Crippen LogP contribution is 2.38. The van der Waals surface area contributed by atoms with Crippen molar-refractivity contribution in [2.45, 2.75) is 33.1 Å². The summed E-state index contributed by atoms with van der Waals surface area (Å²) < 4.78 is 0. The van der Waals surface area contributed by atoms with Gasteiger partial charge < -0.3 is 0 Å². The zero-order valence-electron chi connectivity index (χ0n) is 10.8. The molecule has 1 heterocycles. The standard InChI is InChI=1S/C14H13N.C2H6/c1-10-8-11-4-2-3-5-13(11)14-9-15-7-6-12(10)14;1-2/h2-7,9-10H,8H2,1H3;1-2H3. The molecule has 0 radical (unpaired) electrons. The maximum Gasteiger partial charge on any atom is 0.0349 e. The highest BCUT2D eigenvalue weighted by atomic mass is 14.6. The van der Waals surface area contributed by atoms with Gasteiger partial charge in [-0.25, -0.2) is 0 Å². The first kappa shape index (κ1) is 11.8. The van der Waals surface area contributed by atoms with Crippen LogP contribution in [-0.2, 0) is 6.42 Å². The lowest BCUT2D eigenvalue weighted by molar-refractivity contribution is 0.747. The molecule has 1 unspecified atom stereocenters. The average Bonchev–Trinajstić information content (AvgIpc) is 2.42. The Morgan fingerprint density at radius 3 is 2.65 bits per heavy atom. The summed E-state index contributed by atoms with van der Waals surface area (Å²) in [7, 11) is 0. The molecule has 1 nitrogen and oxygen atoms in total. The van der Waals surface area contributed by atoms with Crippen LogP contribution in [0.1, 0.15) is 37.8 Å². The van der Waals surface area contributed by atoms with E-state index in [1.807, 2.05) is 26.2 Å². The van der Waals surface area contributed by atoms with E-state index in [-0.39, 0.29) is 0 Å². The van der Waals surface area contributed by atoms with Gasteiger partial charge in [0.25, 0.3) is 0 Å². The lowest BCUT2D eigenvalue weighted by atomic mass is 9.81. The van der Waals surface area contributed by atoms with Crippen molar-refractivity contribution in [1.29, 1.82) is 0 Å². The Hall–Kier alpha value is -1.63. The number of hydrogen-bond acceptors (Lipinski definition) is 1. The fraction of sp³-hybridized carbons (Fsp3) is 0.312. The minimum atomic E-state index is 0.609. The zero-order valence-corrected chi connectivity index (χ0v) is 10.8. The van der Waals surface area contributed by atoms with Gasteiger partial charge in [0.1, 0.15) is 0 Å². The smallest absolute Gasteiger partial charge is 0.0349 e. The third-order valence-corrected chi connectivity index (χ3v) is 3.22. The van der Waals surface area contributed by atoms with E-state index in [1.54, 1.807) is 0 Å². The number of fused-ring (bicyclic) bond motifs is 3.